The van der Waals surface area contributed by atoms with Crippen LogP contribution >= 0.6 is 0 Å². The van der Waals surface area contributed by atoms with E-state index in [2.05, 4.69) is 0 Å². The van der Waals surface area contributed by atoms with Crippen molar-refractivity contribution in [2.75, 3.05) is 13.1 Å². The lowest BCUT2D eigenvalue weighted by molar-refractivity contribution is -0.152. The number of nitrogens with zero attached hydrogens (tertiary/aromatic N) is 1. The minimum Gasteiger partial charge on any atom is -0.444 e. The summed E-state index contributed by atoms with van der Waals surface area (Å²) in [6.45, 7) is 9.62. The number of aliphatic hydroxyl groups is 1. The van der Waals surface area contributed by atoms with E-state index in [1.54, 1.807) is 13.8 Å². The molecule has 6 nitrogen and oxygen atoms in total. The van der Waals surface area contributed by atoms with Gasteiger partial charge in [0.15, 0.2) is 5.79 Å². The number of likely N-dealkylation sites (tertiary alicyclic amines) is 1. The van der Waals surface area contributed by atoms with Crippen molar-refractivity contribution in [2.45, 2.75) is 64.3 Å². The van der Waals surface area contributed by atoms with E-state index in [0.29, 0.717) is 6.54 Å². The number of β-amino-alcohol motifs (C(OH)–C–C–N with tert-alkyl or cyclic N) is 1. The first-order valence-electron chi connectivity index (χ1n) is 6.59. The van der Waals surface area contributed by atoms with Crippen molar-refractivity contribution in [1.29, 1.82) is 0 Å². The Bertz CT molecular complexity index is 363. The highest BCUT2D eigenvalue weighted by Gasteiger charge is 2.49. The van der Waals surface area contributed by atoms with E-state index >= 15 is 0 Å². The number of piperidine rings is 1. The third kappa shape index (κ3) is 3.38. The van der Waals surface area contributed by atoms with Crippen LogP contribution in [-0.2, 0) is 14.2 Å². The van der Waals surface area contributed by atoms with E-state index in [-0.39, 0.29) is 18.8 Å². The third-order valence-corrected chi connectivity index (χ3v) is 3.06. The van der Waals surface area contributed by atoms with Crippen molar-refractivity contribution in [3.8, 4) is 0 Å². The van der Waals surface area contributed by atoms with Crippen LogP contribution in [0.4, 0.5) is 4.79 Å². The van der Waals surface area contributed by atoms with Gasteiger partial charge in [-0.15, -0.1) is 0 Å². The average Bonchev–Trinajstić information content (AvgIpc) is 2.50. The summed E-state index contributed by atoms with van der Waals surface area (Å²) in [5.74, 6) is -0.722. The van der Waals surface area contributed by atoms with Gasteiger partial charge in [0.25, 0.3) is 0 Å². The molecule has 19 heavy (non-hydrogen) atoms. The number of carbonyl (C=O) groups is 1. The lowest BCUT2D eigenvalue weighted by atomic mass is 10.0. The fraction of sp³-hybridized carbons (Fsp3) is 0.923. The van der Waals surface area contributed by atoms with Crippen molar-refractivity contribution >= 4 is 6.09 Å². The fourth-order valence-electron chi connectivity index (χ4n) is 2.43. The zero-order valence-electron chi connectivity index (χ0n) is 12.2. The molecule has 6 heteroatoms. The summed E-state index contributed by atoms with van der Waals surface area (Å²) in [4.78, 5) is 13.5. The van der Waals surface area contributed by atoms with Gasteiger partial charge in [-0.3, -0.25) is 0 Å². The van der Waals surface area contributed by atoms with Crippen LogP contribution in [0.5, 0.6) is 0 Å². The Morgan fingerprint density at radius 3 is 2.53 bits per heavy atom. The van der Waals surface area contributed by atoms with Gasteiger partial charge >= 0.3 is 6.09 Å². The Kier molecular flexibility index (Phi) is 3.53. The molecule has 0 aromatic heterocycles. The van der Waals surface area contributed by atoms with Crippen molar-refractivity contribution in [1.82, 2.24) is 4.90 Å². The van der Waals surface area contributed by atoms with Crippen molar-refractivity contribution < 1.29 is 24.1 Å². The van der Waals surface area contributed by atoms with E-state index in [4.69, 9.17) is 14.2 Å². The smallest absolute Gasteiger partial charge is 0.410 e. The molecule has 0 spiro atoms. The molecule has 0 saturated carbocycles. The summed E-state index contributed by atoms with van der Waals surface area (Å²) in [6.07, 6.45) is -1.88. The number of amides is 1. The van der Waals surface area contributed by atoms with Crippen molar-refractivity contribution in [3.63, 3.8) is 0 Å². The fourth-order valence-corrected chi connectivity index (χ4v) is 2.43. The minimum atomic E-state index is -0.756. The van der Waals surface area contributed by atoms with Crippen LogP contribution in [0.3, 0.4) is 0 Å². The molecule has 0 bridgehead atoms. The number of ether oxygens (including phenoxy) is 3. The standard InChI is InChI=1S/C13H23NO5/c1-12(2,3)19-11(16)14-6-8(15)10-9(7-14)17-13(4,5)18-10/h8-10,15H,6-7H2,1-5H3/t8-,9-,10+/m1/s1. The van der Waals surface area contributed by atoms with Gasteiger partial charge in [0.1, 0.15) is 23.9 Å². The van der Waals surface area contributed by atoms with Gasteiger partial charge in [-0.05, 0) is 34.6 Å². The Labute approximate surface area is 113 Å². The summed E-state index contributed by atoms with van der Waals surface area (Å²) >= 11 is 0. The van der Waals surface area contributed by atoms with Gasteiger partial charge in [-0.25, -0.2) is 4.79 Å². The third-order valence-electron chi connectivity index (χ3n) is 3.06. The first-order chi connectivity index (χ1) is 8.57. The van der Waals surface area contributed by atoms with Gasteiger partial charge in [0.05, 0.1) is 13.1 Å². The number of rotatable bonds is 0. The summed E-state index contributed by atoms with van der Waals surface area (Å²) in [6, 6.07) is 0. The lowest BCUT2D eigenvalue weighted by Crippen LogP contribution is -2.56. The molecule has 0 aromatic carbocycles. The van der Waals surface area contributed by atoms with Crippen LogP contribution in [-0.4, -0.2) is 58.9 Å². The van der Waals surface area contributed by atoms with E-state index in [1.165, 1.54) is 4.90 Å². The zero-order valence-corrected chi connectivity index (χ0v) is 12.2. The van der Waals surface area contributed by atoms with Gasteiger partial charge < -0.3 is 24.2 Å². The number of carbonyl (C=O) groups excluding carboxylic acids is 1. The van der Waals surface area contributed by atoms with Crippen LogP contribution in [0.25, 0.3) is 0 Å². The van der Waals surface area contributed by atoms with Crippen LogP contribution in [0, 0.1) is 0 Å². The number of hydrogen-bond donors (Lipinski definition) is 1. The van der Waals surface area contributed by atoms with E-state index in [0.717, 1.165) is 0 Å². The van der Waals surface area contributed by atoms with E-state index < -0.39 is 23.6 Å². The number of fused-ring (bicyclic) bond motifs is 1. The summed E-state index contributed by atoms with van der Waals surface area (Å²) in [5, 5.41) is 10.1. The molecule has 2 heterocycles. The molecule has 2 aliphatic rings. The van der Waals surface area contributed by atoms with Crippen LogP contribution in [0.1, 0.15) is 34.6 Å². The monoisotopic (exact) mass is 273 g/mol. The summed E-state index contributed by atoms with van der Waals surface area (Å²) in [7, 11) is 0. The van der Waals surface area contributed by atoms with Gasteiger partial charge in [0.2, 0.25) is 0 Å². The Hall–Kier alpha value is -0.850. The molecule has 3 atom stereocenters. The second kappa shape index (κ2) is 4.61. The van der Waals surface area contributed by atoms with E-state index in [1.807, 2.05) is 20.8 Å². The lowest BCUT2D eigenvalue weighted by Gasteiger charge is -2.37. The maximum atomic E-state index is 12.0. The highest BCUT2D eigenvalue weighted by Crippen LogP contribution is 2.33. The predicted molar refractivity (Wildman–Crippen MR) is 67.6 cm³/mol. The molecule has 2 saturated heterocycles. The first-order valence-corrected chi connectivity index (χ1v) is 6.59. The Morgan fingerprint density at radius 1 is 1.32 bits per heavy atom. The molecule has 2 rings (SSSR count). The zero-order chi connectivity index (χ0) is 14.4. The highest BCUT2D eigenvalue weighted by molar-refractivity contribution is 5.68. The molecule has 0 aromatic rings. The number of hydrogen-bond acceptors (Lipinski definition) is 5. The summed E-state index contributed by atoms with van der Waals surface area (Å²) < 4.78 is 16.7. The quantitative estimate of drug-likeness (QED) is 0.716. The van der Waals surface area contributed by atoms with Gasteiger partial charge in [0, 0.05) is 0 Å². The maximum absolute atomic E-state index is 12.0. The predicted octanol–water partition coefficient (Wildman–Crippen LogP) is 1.12. The SMILES string of the molecule is CC(C)(C)OC(=O)N1C[C@@H](O)[C@@H]2OC(C)(C)O[C@@H]2C1. The van der Waals surface area contributed by atoms with Crippen molar-refractivity contribution in [2.24, 2.45) is 0 Å². The first kappa shape index (κ1) is 14.6. The molecular formula is C13H23NO5. The molecule has 1 N–H and O–H groups in total. The van der Waals surface area contributed by atoms with Crippen LogP contribution < -0.4 is 0 Å². The Morgan fingerprint density at radius 2 is 1.95 bits per heavy atom. The van der Waals surface area contributed by atoms with E-state index in [9.17, 15) is 9.90 Å². The molecular weight excluding hydrogens is 250 g/mol. The second-order valence-corrected chi connectivity index (χ2v) is 6.59. The second-order valence-electron chi connectivity index (χ2n) is 6.59. The molecule has 110 valence electrons. The molecule has 0 aliphatic carbocycles. The normalized spacial score (nSPS) is 34.0. The van der Waals surface area contributed by atoms with Gasteiger partial charge in [-0.1, -0.05) is 0 Å². The topological polar surface area (TPSA) is 68.2 Å². The largest absolute Gasteiger partial charge is 0.444 e. The molecule has 2 aliphatic heterocycles. The van der Waals surface area contributed by atoms with Gasteiger partial charge in [-0.2, -0.15) is 0 Å². The summed E-state index contributed by atoms with van der Waals surface area (Å²) in [5.41, 5.74) is -0.550. The Balaban J connectivity index is 2.02. The van der Waals surface area contributed by atoms with Crippen LogP contribution in [0.2, 0.25) is 0 Å². The molecule has 0 unspecified atom stereocenters. The average molecular weight is 273 g/mol. The highest BCUT2D eigenvalue weighted by atomic mass is 16.8. The number of aliphatic hydroxyl groups excluding tert-OH is 1. The van der Waals surface area contributed by atoms with Crippen molar-refractivity contribution in [3.05, 3.63) is 0 Å². The van der Waals surface area contributed by atoms with Crippen LogP contribution in [0.15, 0.2) is 0 Å². The molecule has 1 amide bonds. The maximum Gasteiger partial charge on any atom is 0.410 e. The molecule has 0 radical (unpaired) electrons. The molecule has 2 fully saturated rings. The minimum absolute atomic E-state index is 0.204.